The van der Waals surface area contributed by atoms with E-state index in [1.54, 1.807) is 11.3 Å². The Bertz CT molecular complexity index is 986. The molecule has 0 saturated carbocycles. The van der Waals surface area contributed by atoms with Gasteiger partial charge in [0.25, 0.3) is 0 Å². The van der Waals surface area contributed by atoms with Crippen molar-refractivity contribution in [2.75, 3.05) is 45.9 Å². The number of fused-ring (bicyclic) bond motifs is 1. The molecule has 1 aromatic heterocycles. The Morgan fingerprint density at radius 1 is 1.10 bits per heavy atom. The third-order valence-electron chi connectivity index (χ3n) is 5.14. The summed E-state index contributed by atoms with van der Waals surface area (Å²) in [7, 11) is 0. The third-order valence-corrected chi connectivity index (χ3v) is 6.28. The maximum absolute atomic E-state index is 11.0. The smallest absolute Gasteiger partial charge is 0.231 e. The lowest BCUT2D eigenvalue weighted by Gasteiger charge is -2.34. The highest BCUT2D eigenvalue weighted by atomic mass is 32.1. The number of aromatic nitrogens is 1. The van der Waals surface area contributed by atoms with Gasteiger partial charge < -0.3 is 15.6 Å². The molecule has 1 aliphatic heterocycles. The van der Waals surface area contributed by atoms with E-state index in [4.69, 9.17) is 15.5 Å². The zero-order valence-electron chi connectivity index (χ0n) is 16.7. The molecule has 1 amide bonds. The number of nitrogens with zero attached hydrogens (tertiary/aromatic N) is 3. The number of piperazine rings is 1. The monoisotopic (exact) mass is 426 g/mol. The number of amides is 1. The molecule has 0 radical (unpaired) electrons. The number of aliphatic hydroxyl groups is 1. The SMILES string of the molecule is NC(=O)CN1CCN(CC(O)COc2cccc3nc(-c4ccccc4)sc23)CC1. The number of primary amides is 1. The van der Waals surface area contributed by atoms with E-state index in [9.17, 15) is 9.90 Å². The number of aliphatic hydroxyl groups excluding tert-OH is 1. The van der Waals surface area contributed by atoms with Gasteiger partial charge in [-0.2, -0.15) is 0 Å². The standard InChI is InChI=1S/C22H26N4O3S/c23-20(28)14-26-11-9-25(10-12-26)13-17(27)15-29-19-8-4-7-18-21(19)30-22(24-18)16-5-2-1-3-6-16/h1-8,17,27H,9-15H2,(H2,23,28). The van der Waals surface area contributed by atoms with E-state index in [1.807, 2.05) is 53.4 Å². The van der Waals surface area contributed by atoms with Crippen LogP contribution in [0.25, 0.3) is 20.8 Å². The van der Waals surface area contributed by atoms with Gasteiger partial charge in [-0.3, -0.25) is 14.6 Å². The minimum atomic E-state index is -0.593. The van der Waals surface area contributed by atoms with Gasteiger partial charge in [-0.25, -0.2) is 4.98 Å². The van der Waals surface area contributed by atoms with Gasteiger partial charge in [0.2, 0.25) is 5.91 Å². The Morgan fingerprint density at radius 3 is 2.57 bits per heavy atom. The summed E-state index contributed by atoms with van der Waals surface area (Å²) in [5, 5.41) is 11.4. The van der Waals surface area contributed by atoms with Gasteiger partial charge in [-0.05, 0) is 12.1 Å². The van der Waals surface area contributed by atoms with Crippen LogP contribution >= 0.6 is 11.3 Å². The second-order valence-electron chi connectivity index (χ2n) is 7.50. The summed E-state index contributed by atoms with van der Waals surface area (Å²) in [6.45, 7) is 4.21. The summed E-state index contributed by atoms with van der Waals surface area (Å²) < 4.78 is 6.96. The third kappa shape index (κ3) is 5.14. The molecule has 0 spiro atoms. The fourth-order valence-corrected chi connectivity index (χ4v) is 4.67. The fraction of sp³-hybridized carbons (Fsp3) is 0.364. The molecule has 158 valence electrons. The summed E-state index contributed by atoms with van der Waals surface area (Å²) in [5.41, 5.74) is 7.24. The molecule has 0 aliphatic carbocycles. The number of β-amino-alcohol motifs (C(OH)–C–C–N with tert-alkyl or cyclic N) is 1. The van der Waals surface area contributed by atoms with Gasteiger partial charge in [-0.15, -0.1) is 11.3 Å². The number of hydrogen-bond donors (Lipinski definition) is 2. The molecule has 3 aromatic rings. The second kappa shape index (κ2) is 9.53. The van der Waals surface area contributed by atoms with E-state index >= 15 is 0 Å². The highest BCUT2D eigenvalue weighted by Gasteiger charge is 2.20. The number of hydrogen-bond acceptors (Lipinski definition) is 7. The fourth-order valence-electron chi connectivity index (χ4n) is 3.63. The molecule has 4 rings (SSSR count). The number of carbonyl (C=O) groups excluding carboxylic acids is 1. The van der Waals surface area contributed by atoms with Crippen LogP contribution in [0.5, 0.6) is 5.75 Å². The van der Waals surface area contributed by atoms with Crippen molar-refractivity contribution in [1.29, 1.82) is 0 Å². The first-order valence-corrected chi connectivity index (χ1v) is 10.9. The number of ether oxygens (including phenoxy) is 1. The van der Waals surface area contributed by atoms with Crippen LogP contribution in [-0.2, 0) is 4.79 Å². The van der Waals surface area contributed by atoms with Crippen molar-refractivity contribution in [3.8, 4) is 16.3 Å². The topological polar surface area (TPSA) is 91.9 Å². The molecule has 3 N–H and O–H groups in total. The largest absolute Gasteiger partial charge is 0.489 e. The zero-order chi connectivity index (χ0) is 20.9. The zero-order valence-corrected chi connectivity index (χ0v) is 17.6. The highest BCUT2D eigenvalue weighted by molar-refractivity contribution is 7.22. The first-order chi connectivity index (χ1) is 14.6. The van der Waals surface area contributed by atoms with Gasteiger partial charge in [0.1, 0.15) is 23.5 Å². The van der Waals surface area contributed by atoms with Gasteiger partial charge >= 0.3 is 0 Å². The second-order valence-corrected chi connectivity index (χ2v) is 8.50. The summed E-state index contributed by atoms with van der Waals surface area (Å²) in [6, 6.07) is 15.9. The van der Waals surface area contributed by atoms with E-state index in [-0.39, 0.29) is 12.5 Å². The molecular weight excluding hydrogens is 400 g/mol. The van der Waals surface area contributed by atoms with E-state index < -0.39 is 6.10 Å². The minimum absolute atomic E-state index is 0.221. The summed E-state index contributed by atoms with van der Waals surface area (Å²) in [6.07, 6.45) is -0.593. The highest BCUT2D eigenvalue weighted by Crippen LogP contribution is 2.35. The molecule has 2 heterocycles. The predicted molar refractivity (Wildman–Crippen MR) is 119 cm³/mol. The average Bonchev–Trinajstić information content (AvgIpc) is 3.19. The van der Waals surface area contributed by atoms with Crippen molar-refractivity contribution in [2.45, 2.75) is 6.10 Å². The summed E-state index contributed by atoms with van der Waals surface area (Å²) in [4.78, 5) is 20.0. The molecule has 8 heteroatoms. The number of rotatable bonds is 8. The van der Waals surface area contributed by atoms with E-state index in [2.05, 4.69) is 4.90 Å². The van der Waals surface area contributed by atoms with Gasteiger partial charge in [0.15, 0.2) is 0 Å². The van der Waals surface area contributed by atoms with Crippen LogP contribution in [0, 0.1) is 0 Å². The molecule has 1 unspecified atom stereocenters. The van der Waals surface area contributed by atoms with Gasteiger partial charge in [0.05, 0.1) is 16.8 Å². The van der Waals surface area contributed by atoms with Crippen molar-refractivity contribution >= 4 is 27.5 Å². The minimum Gasteiger partial charge on any atom is -0.489 e. The summed E-state index contributed by atoms with van der Waals surface area (Å²) in [5.74, 6) is 0.446. The molecular formula is C22H26N4O3S. The van der Waals surface area contributed by atoms with Crippen LogP contribution < -0.4 is 10.5 Å². The van der Waals surface area contributed by atoms with Crippen LogP contribution in [0.3, 0.4) is 0 Å². The Balaban J connectivity index is 1.33. The lowest BCUT2D eigenvalue weighted by Crippen LogP contribution is -2.50. The predicted octanol–water partition coefficient (Wildman–Crippen LogP) is 1.81. The number of thiazole rings is 1. The molecule has 7 nitrogen and oxygen atoms in total. The van der Waals surface area contributed by atoms with E-state index in [0.717, 1.165) is 52.7 Å². The maximum atomic E-state index is 11.0. The molecule has 1 saturated heterocycles. The number of benzene rings is 2. The Kier molecular flexibility index (Phi) is 6.59. The number of carbonyl (C=O) groups is 1. The Morgan fingerprint density at radius 2 is 1.83 bits per heavy atom. The molecule has 1 atom stereocenters. The normalized spacial score (nSPS) is 16.6. The van der Waals surface area contributed by atoms with Crippen LogP contribution in [0.1, 0.15) is 0 Å². The summed E-state index contributed by atoms with van der Waals surface area (Å²) >= 11 is 1.60. The molecule has 1 fully saturated rings. The molecule has 0 bridgehead atoms. The van der Waals surface area contributed by atoms with Crippen LogP contribution in [0.4, 0.5) is 0 Å². The number of nitrogens with two attached hydrogens (primary N) is 1. The van der Waals surface area contributed by atoms with E-state index in [1.165, 1.54) is 0 Å². The average molecular weight is 427 g/mol. The molecule has 1 aliphatic rings. The molecule has 2 aromatic carbocycles. The Labute approximate surface area is 179 Å². The first-order valence-electron chi connectivity index (χ1n) is 10.1. The van der Waals surface area contributed by atoms with E-state index in [0.29, 0.717) is 13.1 Å². The van der Waals surface area contributed by atoms with Crippen LogP contribution in [0.2, 0.25) is 0 Å². The van der Waals surface area contributed by atoms with Crippen molar-refractivity contribution in [3.63, 3.8) is 0 Å². The Hall–Kier alpha value is -2.52. The van der Waals surface area contributed by atoms with Crippen molar-refractivity contribution in [1.82, 2.24) is 14.8 Å². The molecule has 30 heavy (non-hydrogen) atoms. The quantitative estimate of drug-likeness (QED) is 0.571. The lowest BCUT2D eigenvalue weighted by atomic mass is 10.2. The van der Waals surface area contributed by atoms with Crippen molar-refractivity contribution in [2.24, 2.45) is 5.73 Å². The van der Waals surface area contributed by atoms with Crippen molar-refractivity contribution in [3.05, 3.63) is 48.5 Å². The lowest BCUT2D eigenvalue weighted by molar-refractivity contribution is -0.119. The van der Waals surface area contributed by atoms with Gasteiger partial charge in [-0.1, -0.05) is 36.4 Å². The van der Waals surface area contributed by atoms with Crippen molar-refractivity contribution < 1.29 is 14.6 Å². The maximum Gasteiger partial charge on any atom is 0.231 e. The van der Waals surface area contributed by atoms with Gasteiger partial charge in [0, 0.05) is 38.3 Å². The van der Waals surface area contributed by atoms with Crippen LogP contribution in [0.15, 0.2) is 48.5 Å². The first kappa shape index (κ1) is 20.7. The van der Waals surface area contributed by atoms with Crippen LogP contribution in [-0.4, -0.2) is 77.8 Å².